The van der Waals surface area contributed by atoms with Gasteiger partial charge in [-0.3, -0.25) is 4.79 Å². The zero-order chi connectivity index (χ0) is 15.2. The number of halogens is 2. The number of aliphatic hydroxyl groups is 1. The van der Waals surface area contributed by atoms with E-state index in [4.69, 9.17) is 28.3 Å². The lowest BCUT2D eigenvalue weighted by molar-refractivity contribution is 0.102. The van der Waals surface area contributed by atoms with Crippen molar-refractivity contribution in [3.8, 4) is 11.8 Å². The van der Waals surface area contributed by atoms with Gasteiger partial charge < -0.3 is 10.4 Å². The summed E-state index contributed by atoms with van der Waals surface area (Å²) in [6.07, 6.45) is 1.46. The minimum Gasteiger partial charge on any atom is -0.384 e. The van der Waals surface area contributed by atoms with Gasteiger partial charge in [0.1, 0.15) is 12.3 Å². The lowest BCUT2D eigenvalue weighted by Crippen LogP contribution is -2.13. The average molecular weight is 321 g/mol. The molecule has 0 fully saturated rings. The summed E-state index contributed by atoms with van der Waals surface area (Å²) in [5, 5.41) is 12.1. The van der Waals surface area contributed by atoms with E-state index in [0.717, 1.165) is 0 Å². The smallest absolute Gasteiger partial charge is 0.274 e. The van der Waals surface area contributed by atoms with E-state index in [1.54, 1.807) is 30.3 Å². The summed E-state index contributed by atoms with van der Waals surface area (Å²) in [6.45, 7) is -0.225. The van der Waals surface area contributed by atoms with Crippen molar-refractivity contribution >= 4 is 34.8 Å². The third kappa shape index (κ3) is 4.20. The van der Waals surface area contributed by atoms with Gasteiger partial charge in [0.05, 0.1) is 10.7 Å². The van der Waals surface area contributed by atoms with E-state index in [0.29, 0.717) is 21.3 Å². The predicted molar refractivity (Wildman–Crippen MR) is 82.6 cm³/mol. The summed E-state index contributed by atoms with van der Waals surface area (Å²) in [6, 6.07) is 7.97. The van der Waals surface area contributed by atoms with Crippen molar-refractivity contribution in [3.63, 3.8) is 0 Å². The van der Waals surface area contributed by atoms with Crippen molar-refractivity contribution in [2.75, 3.05) is 11.9 Å². The molecule has 21 heavy (non-hydrogen) atoms. The second kappa shape index (κ2) is 7.09. The number of pyridine rings is 1. The van der Waals surface area contributed by atoms with Gasteiger partial charge in [0.15, 0.2) is 0 Å². The Kier molecular flexibility index (Phi) is 5.18. The van der Waals surface area contributed by atoms with Crippen LogP contribution in [0.15, 0.2) is 36.5 Å². The summed E-state index contributed by atoms with van der Waals surface area (Å²) in [5.74, 6) is 4.81. The average Bonchev–Trinajstić information content (AvgIpc) is 2.48. The number of hydrogen-bond acceptors (Lipinski definition) is 3. The van der Waals surface area contributed by atoms with Gasteiger partial charge in [-0.05, 0) is 30.3 Å². The fraction of sp³-hybridized carbons (Fsp3) is 0.0667. The fourth-order valence-electron chi connectivity index (χ4n) is 1.52. The number of amides is 1. The van der Waals surface area contributed by atoms with Gasteiger partial charge in [0.25, 0.3) is 5.91 Å². The van der Waals surface area contributed by atoms with Crippen molar-refractivity contribution < 1.29 is 9.90 Å². The molecule has 0 saturated carbocycles. The number of hydrogen-bond donors (Lipinski definition) is 2. The molecule has 1 aromatic heterocycles. The Morgan fingerprint density at radius 1 is 1.29 bits per heavy atom. The molecule has 6 heteroatoms. The number of nitrogens with zero attached hydrogens (tertiary/aromatic N) is 1. The molecule has 0 aliphatic carbocycles. The molecule has 4 nitrogen and oxygen atoms in total. The molecular formula is C15H10Cl2N2O2. The van der Waals surface area contributed by atoms with Crippen LogP contribution in [0.3, 0.4) is 0 Å². The minimum absolute atomic E-state index is 0.225. The zero-order valence-corrected chi connectivity index (χ0v) is 12.2. The lowest BCUT2D eigenvalue weighted by atomic mass is 10.2. The Morgan fingerprint density at radius 2 is 2.10 bits per heavy atom. The summed E-state index contributed by atoms with van der Waals surface area (Å²) in [4.78, 5) is 16.0. The molecule has 0 bridgehead atoms. The largest absolute Gasteiger partial charge is 0.384 e. The van der Waals surface area contributed by atoms with E-state index >= 15 is 0 Å². The molecule has 2 aromatic rings. The van der Waals surface area contributed by atoms with Crippen molar-refractivity contribution in [1.82, 2.24) is 4.98 Å². The van der Waals surface area contributed by atoms with E-state index < -0.39 is 0 Å². The van der Waals surface area contributed by atoms with Crippen LogP contribution in [0.1, 0.15) is 16.1 Å². The summed E-state index contributed by atoms with van der Waals surface area (Å²) in [7, 11) is 0. The Balaban J connectivity index is 2.13. The summed E-state index contributed by atoms with van der Waals surface area (Å²) in [5.41, 5.74) is 1.30. The number of anilines is 1. The second-order valence-electron chi connectivity index (χ2n) is 3.97. The molecule has 0 atom stereocenters. The number of nitrogens with one attached hydrogen (secondary N) is 1. The van der Waals surface area contributed by atoms with E-state index in [1.807, 2.05) is 0 Å². The topological polar surface area (TPSA) is 62.2 Å². The first kappa shape index (κ1) is 15.3. The third-order valence-corrected chi connectivity index (χ3v) is 3.04. The van der Waals surface area contributed by atoms with Crippen molar-refractivity contribution in [1.29, 1.82) is 0 Å². The monoisotopic (exact) mass is 320 g/mol. The third-order valence-electron chi connectivity index (χ3n) is 2.49. The van der Waals surface area contributed by atoms with E-state index in [1.165, 1.54) is 6.20 Å². The van der Waals surface area contributed by atoms with Crippen molar-refractivity contribution in [2.45, 2.75) is 0 Å². The maximum absolute atomic E-state index is 12.0. The first-order valence-electron chi connectivity index (χ1n) is 5.92. The number of benzene rings is 1. The number of carbonyl (C=O) groups excluding carboxylic acids is 1. The fourth-order valence-corrected chi connectivity index (χ4v) is 1.98. The minimum atomic E-state index is -0.388. The van der Waals surface area contributed by atoms with Crippen LogP contribution < -0.4 is 5.32 Å². The molecule has 1 aromatic carbocycles. The highest BCUT2D eigenvalue weighted by Gasteiger charge is 2.09. The highest BCUT2D eigenvalue weighted by Crippen LogP contribution is 2.25. The molecule has 106 valence electrons. The highest BCUT2D eigenvalue weighted by molar-refractivity contribution is 6.36. The summed E-state index contributed by atoms with van der Waals surface area (Å²) >= 11 is 11.8. The van der Waals surface area contributed by atoms with Crippen LogP contribution in [0.5, 0.6) is 0 Å². The number of aromatic nitrogens is 1. The standard InChI is InChI=1S/C15H10Cl2N2O2/c16-11-4-6-13(12(17)8-11)19-15(21)14-5-3-10(9-18-14)2-1-7-20/h3-6,8-9,20H,7H2,(H,19,21). The first-order chi connectivity index (χ1) is 10.1. The van der Waals surface area contributed by atoms with Crippen molar-refractivity contribution in [2.24, 2.45) is 0 Å². The lowest BCUT2D eigenvalue weighted by Gasteiger charge is -2.07. The van der Waals surface area contributed by atoms with Gasteiger partial charge in [-0.2, -0.15) is 0 Å². The van der Waals surface area contributed by atoms with Crippen LogP contribution in [0.25, 0.3) is 0 Å². The molecule has 1 amide bonds. The van der Waals surface area contributed by atoms with Crippen molar-refractivity contribution in [3.05, 3.63) is 57.8 Å². The SMILES string of the molecule is O=C(Nc1ccc(Cl)cc1Cl)c1ccc(C#CCO)cn1. The molecule has 0 aliphatic rings. The van der Waals surface area contributed by atoms with Gasteiger partial charge in [-0.1, -0.05) is 35.0 Å². The normalized spacial score (nSPS) is 9.67. The van der Waals surface area contributed by atoms with Crippen LogP contribution in [0, 0.1) is 11.8 Å². The molecule has 0 radical (unpaired) electrons. The molecular weight excluding hydrogens is 311 g/mol. The number of aliphatic hydroxyl groups excluding tert-OH is 1. The molecule has 1 heterocycles. The van der Waals surface area contributed by atoms with Gasteiger partial charge in [-0.25, -0.2) is 4.98 Å². The van der Waals surface area contributed by atoms with E-state index in [-0.39, 0.29) is 18.2 Å². The Morgan fingerprint density at radius 3 is 2.71 bits per heavy atom. The Labute approximate surface area is 131 Å². The van der Waals surface area contributed by atoms with Gasteiger partial charge in [-0.15, -0.1) is 0 Å². The quantitative estimate of drug-likeness (QED) is 0.836. The number of carbonyl (C=O) groups is 1. The van der Waals surface area contributed by atoms with Crippen LogP contribution in [0.4, 0.5) is 5.69 Å². The Hall–Kier alpha value is -2.06. The van der Waals surface area contributed by atoms with Gasteiger partial charge in [0.2, 0.25) is 0 Å². The van der Waals surface area contributed by atoms with Gasteiger partial charge >= 0.3 is 0 Å². The molecule has 0 unspecified atom stereocenters. The molecule has 0 aliphatic heterocycles. The van der Waals surface area contributed by atoms with Crippen LogP contribution >= 0.6 is 23.2 Å². The first-order valence-corrected chi connectivity index (χ1v) is 6.68. The zero-order valence-electron chi connectivity index (χ0n) is 10.7. The second-order valence-corrected chi connectivity index (χ2v) is 4.81. The van der Waals surface area contributed by atoms with E-state index in [9.17, 15) is 4.79 Å². The molecule has 2 rings (SSSR count). The highest BCUT2D eigenvalue weighted by atomic mass is 35.5. The Bertz CT molecular complexity index is 719. The number of rotatable bonds is 2. The van der Waals surface area contributed by atoms with E-state index in [2.05, 4.69) is 22.1 Å². The molecule has 2 N–H and O–H groups in total. The van der Waals surface area contributed by atoms with Crippen LogP contribution in [-0.4, -0.2) is 22.6 Å². The van der Waals surface area contributed by atoms with Crippen LogP contribution in [0.2, 0.25) is 10.0 Å². The summed E-state index contributed by atoms with van der Waals surface area (Å²) < 4.78 is 0. The van der Waals surface area contributed by atoms with Crippen LogP contribution in [-0.2, 0) is 0 Å². The molecule has 0 saturated heterocycles. The maximum Gasteiger partial charge on any atom is 0.274 e. The predicted octanol–water partition coefficient (Wildman–Crippen LogP) is 2.98. The maximum atomic E-state index is 12.0. The molecule has 0 spiro atoms. The van der Waals surface area contributed by atoms with Gasteiger partial charge in [0, 0.05) is 16.8 Å².